The van der Waals surface area contributed by atoms with Crippen molar-refractivity contribution in [2.24, 2.45) is 0 Å². The van der Waals surface area contributed by atoms with Crippen molar-refractivity contribution >= 4 is 5.91 Å². The highest BCUT2D eigenvalue weighted by molar-refractivity contribution is 5.77. The normalized spacial score (nSPS) is 15.7. The Morgan fingerprint density at radius 1 is 1.36 bits per heavy atom. The molecular formula is C18H19FN4O2. The molecule has 2 aromatic rings. The number of halogens is 1. The summed E-state index contributed by atoms with van der Waals surface area (Å²) in [5.74, 6) is 0.507. The molecule has 1 aliphatic carbocycles. The summed E-state index contributed by atoms with van der Waals surface area (Å²) in [5, 5.41) is 19.8. The van der Waals surface area contributed by atoms with Gasteiger partial charge in [-0.1, -0.05) is 31.0 Å². The molecule has 7 heteroatoms. The van der Waals surface area contributed by atoms with Gasteiger partial charge in [0.2, 0.25) is 17.7 Å². The van der Waals surface area contributed by atoms with Gasteiger partial charge < -0.3 is 9.73 Å². The minimum Gasteiger partial charge on any atom is -0.425 e. The molecule has 3 rings (SSSR count). The van der Waals surface area contributed by atoms with Gasteiger partial charge in [0.25, 0.3) is 0 Å². The van der Waals surface area contributed by atoms with Crippen molar-refractivity contribution in [2.45, 2.75) is 50.5 Å². The van der Waals surface area contributed by atoms with E-state index in [2.05, 4.69) is 15.5 Å². The van der Waals surface area contributed by atoms with Crippen LogP contribution in [0.2, 0.25) is 0 Å². The number of carbonyl (C=O) groups is 1. The number of amides is 1. The van der Waals surface area contributed by atoms with E-state index in [1.807, 2.05) is 6.07 Å². The van der Waals surface area contributed by atoms with Crippen molar-refractivity contribution in [3.63, 3.8) is 0 Å². The molecule has 1 aromatic heterocycles. The molecule has 1 aromatic carbocycles. The van der Waals surface area contributed by atoms with E-state index in [0.29, 0.717) is 24.1 Å². The summed E-state index contributed by atoms with van der Waals surface area (Å²) in [6.45, 7) is 0. The molecule has 130 valence electrons. The number of nitrogens with zero attached hydrogens (tertiary/aromatic N) is 3. The standard InChI is InChI=1S/C18H19FN4O2/c19-14-8-4-3-7-13(14)15(11-20)21-16(24)9-10-17-22-23-18(25-17)12-5-1-2-6-12/h3-4,7-8,12,15H,1-2,5-6,9-10H2,(H,21,24). The van der Waals surface area contributed by atoms with E-state index in [1.54, 1.807) is 6.07 Å². The van der Waals surface area contributed by atoms with Crippen LogP contribution in [0.5, 0.6) is 0 Å². The SMILES string of the molecule is N#CC(NC(=O)CCc1nnc(C2CCCC2)o1)c1ccccc1F. The average molecular weight is 342 g/mol. The van der Waals surface area contributed by atoms with Gasteiger partial charge >= 0.3 is 0 Å². The molecule has 1 heterocycles. The molecule has 0 radical (unpaired) electrons. The highest BCUT2D eigenvalue weighted by atomic mass is 19.1. The van der Waals surface area contributed by atoms with Gasteiger partial charge in [-0.05, 0) is 18.9 Å². The van der Waals surface area contributed by atoms with E-state index in [1.165, 1.54) is 31.0 Å². The number of hydrogen-bond acceptors (Lipinski definition) is 5. The molecule has 1 saturated carbocycles. The van der Waals surface area contributed by atoms with E-state index < -0.39 is 11.9 Å². The lowest BCUT2D eigenvalue weighted by atomic mass is 10.1. The lowest BCUT2D eigenvalue weighted by Gasteiger charge is -2.12. The Balaban J connectivity index is 1.54. The molecule has 0 aliphatic heterocycles. The molecule has 0 bridgehead atoms. The van der Waals surface area contributed by atoms with Crippen molar-refractivity contribution in [3.8, 4) is 6.07 Å². The smallest absolute Gasteiger partial charge is 0.221 e. The minimum atomic E-state index is -1.02. The van der Waals surface area contributed by atoms with E-state index in [9.17, 15) is 14.4 Å². The summed E-state index contributed by atoms with van der Waals surface area (Å²) in [4.78, 5) is 12.1. The first-order valence-corrected chi connectivity index (χ1v) is 8.43. The van der Waals surface area contributed by atoms with Crippen LogP contribution in [0.3, 0.4) is 0 Å². The Morgan fingerprint density at radius 3 is 2.84 bits per heavy atom. The lowest BCUT2D eigenvalue weighted by molar-refractivity contribution is -0.121. The molecule has 25 heavy (non-hydrogen) atoms. The zero-order valence-corrected chi connectivity index (χ0v) is 13.7. The van der Waals surface area contributed by atoms with E-state index in [-0.39, 0.29) is 17.9 Å². The fraction of sp³-hybridized carbons (Fsp3) is 0.444. The second-order valence-corrected chi connectivity index (χ2v) is 6.17. The first kappa shape index (κ1) is 17.1. The third-order valence-electron chi connectivity index (χ3n) is 4.40. The van der Waals surface area contributed by atoms with Gasteiger partial charge in [-0.2, -0.15) is 5.26 Å². The molecule has 0 spiro atoms. The van der Waals surface area contributed by atoms with Gasteiger partial charge in [0, 0.05) is 24.3 Å². The topological polar surface area (TPSA) is 91.8 Å². The number of carbonyl (C=O) groups excluding carboxylic acids is 1. The zero-order chi connectivity index (χ0) is 17.6. The van der Waals surface area contributed by atoms with Crippen LogP contribution in [0.1, 0.15) is 61.4 Å². The van der Waals surface area contributed by atoms with E-state index in [4.69, 9.17) is 4.42 Å². The van der Waals surface area contributed by atoms with Crippen LogP contribution < -0.4 is 5.32 Å². The summed E-state index contributed by atoms with van der Waals surface area (Å²) in [6.07, 6.45) is 4.87. The molecule has 1 unspecified atom stereocenters. The van der Waals surface area contributed by atoms with Crippen LogP contribution in [0.15, 0.2) is 28.7 Å². The van der Waals surface area contributed by atoms with Gasteiger partial charge in [-0.25, -0.2) is 4.39 Å². The molecule has 1 N–H and O–H groups in total. The fourth-order valence-corrected chi connectivity index (χ4v) is 3.05. The summed E-state index contributed by atoms with van der Waals surface area (Å²) >= 11 is 0. The van der Waals surface area contributed by atoms with Crippen LogP contribution >= 0.6 is 0 Å². The van der Waals surface area contributed by atoms with Crippen molar-refractivity contribution in [1.82, 2.24) is 15.5 Å². The minimum absolute atomic E-state index is 0.0962. The van der Waals surface area contributed by atoms with E-state index >= 15 is 0 Å². The predicted molar refractivity (Wildman–Crippen MR) is 86.7 cm³/mol. The second-order valence-electron chi connectivity index (χ2n) is 6.17. The molecule has 1 fully saturated rings. The van der Waals surface area contributed by atoms with E-state index in [0.717, 1.165) is 12.8 Å². The van der Waals surface area contributed by atoms with Crippen LogP contribution in [0, 0.1) is 17.1 Å². The number of aryl methyl sites for hydroxylation is 1. The Morgan fingerprint density at radius 2 is 2.12 bits per heavy atom. The number of nitriles is 1. The van der Waals surface area contributed by atoms with Crippen LogP contribution in [-0.2, 0) is 11.2 Å². The third-order valence-corrected chi connectivity index (χ3v) is 4.40. The molecule has 1 atom stereocenters. The van der Waals surface area contributed by atoms with Crippen molar-refractivity contribution in [2.75, 3.05) is 0 Å². The van der Waals surface area contributed by atoms with Crippen molar-refractivity contribution < 1.29 is 13.6 Å². The highest BCUT2D eigenvalue weighted by Crippen LogP contribution is 2.33. The third kappa shape index (κ3) is 4.21. The van der Waals surface area contributed by atoms with Crippen LogP contribution in [0.25, 0.3) is 0 Å². The highest BCUT2D eigenvalue weighted by Gasteiger charge is 2.23. The lowest BCUT2D eigenvalue weighted by Crippen LogP contribution is -2.28. The van der Waals surface area contributed by atoms with Gasteiger partial charge in [-0.3, -0.25) is 4.79 Å². The Bertz CT molecular complexity index is 777. The number of hydrogen-bond donors (Lipinski definition) is 1. The summed E-state index contributed by atoms with van der Waals surface area (Å²) in [7, 11) is 0. The largest absolute Gasteiger partial charge is 0.425 e. The molecule has 6 nitrogen and oxygen atoms in total. The zero-order valence-electron chi connectivity index (χ0n) is 13.7. The Labute approximate surface area is 145 Å². The maximum atomic E-state index is 13.7. The monoisotopic (exact) mass is 342 g/mol. The quantitative estimate of drug-likeness (QED) is 0.870. The van der Waals surface area contributed by atoms with Gasteiger partial charge in [-0.15, -0.1) is 10.2 Å². The second kappa shape index (κ2) is 7.88. The maximum Gasteiger partial charge on any atom is 0.221 e. The van der Waals surface area contributed by atoms with Gasteiger partial charge in [0.05, 0.1) is 6.07 Å². The number of rotatable bonds is 6. The maximum absolute atomic E-state index is 13.7. The van der Waals surface area contributed by atoms with Gasteiger partial charge in [0.1, 0.15) is 11.9 Å². The molecular weight excluding hydrogens is 323 g/mol. The predicted octanol–water partition coefficient (Wildman–Crippen LogP) is 3.18. The van der Waals surface area contributed by atoms with Gasteiger partial charge in [0.15, 0.2) is 0 Å². The van der Waals surface area contributed by atoms with Crippen LogP contribution in [0.4, 0.5) is 4.39 Å². The number of benzene rings is 1. The van der Waals surface area contributed by atoms with Crippen LogP contribution in [-0.4, -0.2) is 16.1 Å². The first-order chi connectivity index (χ1) is 12.2. The molecule has 0 saturated heterocycles. The summed E-state index contributed by atoms with van der Waals surface area (Å²) in [5.41, 5.74) is 0.152. The van der Waals surface area contributed by atoms with Crippen molar-refractivity contribution in [1.29, 1.82) is 5.26 Å². The Kier molecular flexibility index (Phi) is 5.39. The average Bonchev–Trinajstić information content (AvgIpc) is 3.29. The first-order valence-electron chi connectivity index (χ1n) is 8.43. The number of aromatic nitrogens is 2. The molecule has 1 aliphatic rings. The van der Waals surface area contributed by atoms with Crippen molar-refractivity contribution in [3.05, 3.63) is 47.4 Å². The summed E-state index contributed by atoms with van der Waals surface area (Å²) < 4.78 is 19.4. The summed E-state index contributed by atoms with van der Waals surface area (Å²) in [6, 6.07) is 6.78. The Hall–Kier alpha value is -2.75. The number of nitrogens with one attached hydrogen (secondary N) is 1. The fourth-order valence-electron chi connectivity index (χ4n) is 3.05. The molecule has 1 amide bonds.